The molecule has 1 aliphatic rings. The highest BCUT2D eigenvalue weighted by Crippen LogP contribution is 2.31. The first-order valence-corrected chi connectivity index (χ1v) is 7.51. The fourth-order valence-electron chi connectivity index (χ4n) is 2.39. The molecule has 0 aromatic heterocycles. The maximum absolute atomic E-state index is 13.5. The lowest BCUT2D eigenvalue weighted by Crippen LogP contribution is -2.31. The van der Waals surface area contributed by atoms with Crippen LogP contribution in [0.5, 0.6) is 0 Å². The first kappa shape index (κ1) is 15.2. The van der Waals surface area contributed by atoms with Gasteiger partial charge in [-0.1, -0.05) is 0 Å². The smallest absolute Gasteiger partial charge is 0.243 e. The van der Waals surface area contributed by atoms with E-state index >= 15 is 0 Å². The van der Waals surface area contributed by atoms with Crippen molar-refractivity contribution >= 4 is 15.7 Å². The Balaban J connectivity index is 2.54. The van der Waals surface area contributed by atoms with Crippen molar-refractivity contribution in [2.45, 2.75) is 31.0 Å². The lowest BCUT2D eigenvalue weighted by molar-refractivity contribution is 0.0572. The van der Waals surface area contributed by atoms with Crippen LogP contribution in [0, 0.1) is 19.7 Å². The molecule has 0 spiro atoms. The van der Waals surface area contributed by atoms with Crippen LogP contribution in [0.2, 0.25) is 0 Å². The molecule has 0 saturated carbocycles. The summed E-state index contributed by atoms with van der Waals surface area (Å²) in [6, 6.07) is 1.07. The van der Waals surface area contributed by atoms with Crippen molar-refractivity contribution in [3.63, 3.8) is 0 Å². The molecule has 8 heteroatoms. The zero-order chi connectivity index (χ0) is 15.2. The topological polar surface area (TPSA) is 104 Å². The molecule has 0 amide bonds. The lowest BCUT2D eigenvalue weighted by Gasteiger charge is -2.20. The van der Waals surface area contributed by atoms with E-state index in [1.54, 1.807) is 0 Å². The van der Waals surface area contributed by atoms with Gasteiger partial charge in [-0.2, -0.15) is 4.31 Å². The number of aliphatic hydroxyl groups excluding tert-OH is 2. The van der Waals surface area contributed by atoms with Gasteiger partial charge in [-0.3, -0.25) is 0 Å². The molecule has 1 fully saturated rings. The molecule has 0 radical (unpaired) electrons. The van der Waals surface area contributed by atoms with Gasteiger partial charge in [-0.05, 0) is 31.0 Å². The number of rotatable bonds is 2. The van der Waals surface area contributed by atoms with E-state index < -0.39 is 28.0 Å². The Bertz CT molecular complexity index is 637. The highest BCUT2D eigenvalue weighted by molar-refractivity contribution is 7.89. The number of β-amino-alcohol motifs (C(OH)–C–C–N with tert-alkyl or cyclic N) is 2. The van der Waals surface area contributed by atoms with Crippen molar-refractivity contribution in [3.8, 4) is 0 Å². The summed E-state index contributed by atoms with van der Waals surface area (Å²) in [6.45, 7) is 2.52. The zero-order valence-corrected chi connectivity index (χ0v) is 12.0. The van der Waals surface area contributed by atoms with Gasteiger partial charge in [-0.25, -0.2) is 12.8 Å². The average Bonchev–Trinajstić information content (AvgIpc) is 2.67. The first-order valence-electron chi connectivity index (χ1n) is 6.07. The molecule has 1 saturated heterocycles. The highest BCUT2D eigenvalue weighted by atomic mass is 32.2. The van der Waals surface area contributed by atoms with Crippen LogP contribution < -0.4 is 5.73 Å². The molecule has 0 aliphatic carbocycles. The SMILES string of the molecule is Cc1cc(F)c(N)c(C)c1S(=O)(=O)N1CC(O)C(O)C1. The average molecular weight is 304 g/mol. The molecule has 1 aromatic rings. The van der Waals surface area contributed by atoms with Gasteiger partial charge in [0, 0.05) is 13.1 Å². The largest absolute Gasteiger partial charge is 0.396 e. The van der Waals surface area contributed by atoms with Gasteiger partial charge in [0.25, 0.3) is 0 Å². The Morgan fingerprint density at radius 3 is 2.30 bits per heavy atom. The Morgan fingerprint density at radius 1 is 1.30 bits per heavy atom. The van der Waals surface area contributed by atoms with Crippen LogP contribution in [0.15, 0.2) is 11.0 Å². The number of benzene rings is 1. The van der Waals surface area contributed by atoms with Crippen LogP contribution in [0.3, 0.4) is 0 Å². The Morgan fingerprint density at radius 2 is 1.80 bits per heavy atom. The molecule has 1 heterocycles. The van der Waals surface area contributed by atoms with Crippen LogP contribution in [0.1, 0.15) is 11.1 Å². The Kier molecular flexibility index (Phi) is 3.76. The predicted molar refractivity (Wildman–Crippen MR) is 71.1 cm³/mol. The molecular formula is C12H17FN2O4S. The lowest BCUT2D eigenvalue weighted by atomic mass is 10.1. The zero-order valence-electron chi connectivity index (χ0n) is 11.2. The molecule has 0 bridgehead atoms. The molecular weight excluding hydrogens is 287 g/mol. The van der Waals surface area contributed by atoms with Gasteiger partial charge in [0.05, 0.1) is 22.8 Å². The quantitative estimate of drug-likeness (QED) is 0.654. The van der Waals surface area contributed by atoms with E-state index in [9.17, 15) is 23.0 Å². The molecule has 4 N–H and O–H groups in total. The molecule has 2 atom stereocenters. The number of halogens is 1. The number of nitrogens with two attached hydrogens (primary N) is 1. The molecule has 2 rings (SSSR count). The molecule has 1 aliphatic heterocycles. The van der Waals surface area contributed by atoms with Gasteiger partial charge in [0.2, 0.25) is 10.0 Å². The van der Waals surface area contributed by atoms with Gasteiger partial charge < -0.3 is 15.9 Å². The summed E-state index contributed by atoms with van der Waals surface area (Å²) < 4.78 is 39.6. The second kappa shape index (κ2) is 4.96. The van der Waals surface area contributed by atoms with Gasteiger partial charge in [0.15, 0.2) is 0 Å². The summed E-state index contributed by atoms with van der Waals surface area (Å²) in [4.78, 5) is -0.0716. The van der Waals surface area contributed by atoms with E-state index in [0.717, 1.165) is 10.4 Å². The number of hydrogen-bond acceptors (Lipinski definition) is 5. The summed E-state index contributed by atoms with van der Waals surface area (Å²) in [5, 5.41) is 18.9. The minimum atomic E-state index is -3.94. The maximum atomic E-state index is 13.5. The van der Waals surface area contributed by atoms with Crippen molar-refractivity contribution in [1.29, 1.82) is 0 Å². The van der Waals surface area contributed by atoms with Crippen LogP contribution in [0.25, 0.3) is 0 Å². The molecule has 6 nitrogen and oxygen atoms in total. The Labute approximate surface area is 116 Å². The summed E-state index contributed by atoms with van der Waals surface area (Å²) in [6.07, 6.45) is -2.24. The molecule has 112 valence electrons. The number of aryl methyl sites for hydroxylation is 1. The van der Waals surface area contributed by atoms with Crippen molar-refractivity contribution in [2.24, 2.45) is 0 Å². The van der Waals surface area contributed by atoms with Crippen molar-refractivity contribution in [1.82, 2.24) is 4.31 Å². The second-order valence-corrected chi connectivity index (χ2v) is 6.87. The monoisotopic (exact) mass is 304 g/mol. The third-order valence-corrected chi connectivity index (χ3v) is 5.65. The predicted octanol–water partition coefficient (Wildman–Crippen LogP) is -0.249. The number of sulfonamides is 1. The van der Waals surface area contributed by atoms with Crippen molar-refractivity contribution in [2.75, 3.05) is 18.8 Å². The minimum absolute atomic E-state index is 0.0716. The fraction of sp³-hybridized carbons (Fsp3) is 0.500. The third-order valence-electron chi connectivity index (χ3n) is 3.53. The van der Waals surface area contributed by atoms with Crippen LogP contribution in [0.4, 0.5) is 10.1 Å². The second-order valence-electron chi connectivity index (χ2n) is 5.00. The molecule has 2 unspecified atom stereocenters. The van der Waals surface area contributed by atoms with E-state index in [1.807, 2.05) is 0 Å². The van der Waals surface area contributed by atoms with Gasteiger partial charge >= 0.3 is 0 Å². The first-order chi connectivity index (χ1) is 9.16. The summed E-state index contributed by atoms with van der Waals surface area (Å²) in [5.74, 6) is -0.666. The van der Waals surface area contributed by atoms with Gasteiger partial charge in [0.1, 0.15) is 5.82 Å². The van der Waals surface area contributed by atoms with Crippen molar-refractivity contribution in [3.05, 3.63) is 23.0 Å². The number of aliphatic hydroxyl groups is 2. The van der Waals surface area contributed by atoms with E-state index in [0.29, 0.717) is 0 Å². The standard InChI is InChI=1S/C12H17FN2O4S/c1-6-3-8(13)11(14)7(2)12(6)20(18,19)15-4-9(16)10(17)5-15/h3,9-10,16-17H,4-5,14H2,1-2H3. The van der Waals surface area contributed by atoms with E-state index in [-0.39, 0.29) is 34.8 Å². The minimum Gasteiger partial charge on any atom is -0.396 e. The maximum Gasteiger partial charge on any atom is 0.243 e. The fourth-order valence-corrected chi connectivity index (χ4v) is 4.31. The van der Waals surface area contributed by atoms with Crippen LogP contribution in [-0.4, -0.2) is 48.2 Å². The highest BCUT2D eigenvalue weighted by Gasteiger charge is 2.39. The van der Waals surface area contributed by atoms with Crippen LogP contribution >= 0.6 is 0 Å². The van der Waals surface area contributed by atoms with Crippen LogP contribution in [-0.2, 0) is 10.0 Å². The van der Waals surface area contributed by atoms with E-state index in [2.05, 4.69) is 0 Å². The normalized spacial score (nSPS) is 24.2. The van der Waals surface area contributed by atoms with Crippen molar-refractivity contribution < 1.29 is 23.0 Å². The number of nitrogens with zero attached hydrogens (tertiary/aromatic N) is 1. The number of anilines is 1. The summed E-state index contributed by atoms with van der Waals surface area (Å²) in [7, 11) is -3.94. The molecule has 20 heavy (non-hydrogen) atoms. The third kappa shape index (κ3) is 2.28. The van der Waals surface area contributed by atoms with E-state index in [1.165, 1.54) is 13.8 Å². The van der Waals surface area contributed by atoms with E-state index in [4.69, 9.17) is 5.73 Å². The number of hydrogen-bond donors (Lipinski definition) is 3. The summed E-state index contributed by atoms with van der Waals surface area (Å²) >= 11 is 0. The Hall–Kier alpha value is -1.22. The van der Waals surface area contributed by atoms with Gasteiger partial charge in [-0.15, -0.1) is 0 Å². The molecule has 1 aromatic carbocycles. The number of nitrogen functional groups attached to an aromatic ring is 1. The summed E-state index contributed by atoms with van der Waals surface area (Å²) in [5.41, 5.74) is 5.71.